The number of fused-ring (bicyclic) bond motifs is 2. The summed E-state index contributed by atoms with van der Waals surface area (Å²) in [6.45, 7) is 3.59. The highest BCUT2D eigenvalue weighted by Crippen LogP contribution is 2.41. The number of nitrogens with zero attached hydrogens (tertiary/aromatic N) is 4. The number of rotatable bonds is 11. The lowest BCUT2D eigenvalue weighted by molar-refractivity contribution is -0.433. The van der Waals surface area contributed by atoms with Crippen molar-refractivity contribution in [3.63, 3.8) is 0 Å². The fourth-order valence-electron chi connectivity index (χ4n) is 6.50. The first-order chi connectivity index (χ1) is 24.0. The van der Waals surface area contributed by atoms with E-state index in [1.807, 2.05) is 60.7 Å². The largest absolute Gasteiger partial charge is 0.493 e. The minimum absolute atomic E-state index is 0.140. The molecule has 14 nitrogen and oxygen atoms in total. The molecule has 0 aliphatic carbocycles. The van der Waals surface area contributed by atoms with Crippen molar-refractivity contribution in [3.05, 3.63) is 127 Å². The van der Waals surface area contributed by atoms with Gasteiger partial charge in [-0.05, 0) is 60.4 Å². The summed E-state index contributed by atoms with van der Waals surface area (Å²) in [7, 11) is 2.97. The summed E-state index contributed by atoms with van der Waals surface area (Å²) in [6.07, 6.45) is 1.08. The van der Waals surface area contributed by atoms with Gasteiger partial charge in [-0.15, -0.1) is 0 Å². The summed E-state index contributed by atoms with van der Waals surface area (Å²) in [5.41, 5.74) is 1.20. The second-order valence-corrected chi connectivity index (χ2v) is 12.1. The van der Waals surface area contributed by atoms with E-state index in [0.29, 0.717) is 35.5 Å². The molecule has 258 valence electrons. The van der Waals surface area contributed by atoms with E-state index in [1.165, 1.54) is 23.9 Å². The zero-order valence-corrected chi connectivity index (χ0v) is 28.0. The molecule has 50 heavy (non-hydrogen) atoms. The highest BCUT2D eigenvalue weighted by Gasteiger charge is 2.42. The molecule has 2 N–H and O–H groups in total. The van der Waals surface area contributed by atoms with Crippen LogP contribution in [0.5, 0.6) is 11.5 Å². The topological polar surface area (TPSA) is 169 Å². The molecule has 2 atom stereocenters. The molecular weight excluding hydrogens is 644 g/mol. The van der Waals surface area contributed by atoms with Crippen molar-refractivity contribution in [2.45, 2.75) is 38.8 Å². The number of ether oxygens (including phenoxy) is 2. The quantitative estimate of drug-likeness (QED) is 0.101. The minimum Gasteiger partial charge on any atom is -0.493 e. The third-order valence-corrected chi connectivity index (χ3v) is 9.33. The Kier molecular flexibility index (Phi) is 9.27. The van der Waals surface area contributed by atoms with Gasteiger partial charge in [-0.2, -0.15) is 0 Å². The first kappa shape index (κ1) is 33.7. The number of hydrogen-bond acceptors (Lipinski definition) is 8. The normalized spacial score (nSPS) is 18.0. The molecule has 0 fully saturated rings. The molecule has 6 rings (SSSR count). The van der Waals surface area contributed by atoms with Crippen LogP contribution in [0.3, 0.4) is 0 Å². The van der Waals surface area contributed by atoms with Gasteiger partial charge in [-0.3, -0.25) is 30.0 Å². The third kappa shape index (κ3) is 6.11. The van der Waals surface area contributed by atoms with Gasteiger partial charge in [-0.1, -0.05) is 60.7 Å². The molecule has 2 heterocycles. The van der Waals surface area contributed by atoms with Gasteiger partial charge >= 0.3 is 12.1 Å². The Labute approximate surface area is 287 Å². The van der Waals surface area contributed by atoms with Crippen LogP contribution < -0.4 is 20.1 Å². The van der Waals surface area contributed by atoms with Crippen LogP contribution >= 0.6 is 0 Å². The lowest BCUT2D eigenvalue weighted by Crippen LogP contribution is -2.46. The molecule has 4 aromatic rings. The predicted molar refractivity (Wildman–Crippen MR) is 186 cm³/mol. The van der Waals surface area contributed by atoms with Crippen molar-refractivity contribution in [2.24, 2.45) is 0 Å². The Morgan fingerprint density at radius 1 is 0.640 bits per heavy atom. The number of amides is 4. The second-order valence-electron chi connectivity index (χ2n) is 12.1. The molecule has 0 saturated heterocycles. The second kappa shape index (κ2) is 13.7. The molecule has 0 aromatic heterocycles. The Morgan fingerprint density at radius 3 is 1.40 bits per heavy atom. The number of nitro groups is 2. The van der Waals surface area contributed by atoms with Gasteiger partial charge in [-0.25, -0.2) is 9.59 Å². The molecule has 4 amide bonds. The van der Waals surface area contributed by atoms with E-state index in [4.69, 9.17) is 9.47 Å². The number of urea groups is 2. The van der Waals surface area contributed by atoms with Crippen molar-refractivity contribution in [2.75, 3.05) is 27.3 Å². The van der Waals surface area contributed by atoms with Crippen molar-refractivity contribution >= 4 is 33.6 Å². The van der Waals surface area contributed by atoms with Gasteiger partial charge in [0.25, 0.3) is 11.4 Å². The number of carbonyl (C=O) groups is 2. The molecule has 0 saturated carbocycles. The van der Waals surface area contributed by atoms with E-state index in [-0.39, 0.29) is 36.0 Å². The molecule has 0 bridgehead atoms. The number of nitrogens with one attached hydrogen (secondary N) is 2. The van der Waals surface area contributed by atoms with Crippen LogP contribution in [0.1, 0.15) is 49.9 Å². The number of allylic oxidation sites excluding steroid dienone is 2. The Morgan fingerprint density at radius 2 is 1.02 bits per heavy atom. The van der Waals surface area contributed by atoms with Crippen molar-refractivity contribution in [3.8, 4) is 11.5 Å². The number of carbonyl (C=O) groups excluding carboxylic acids is 2. The van der Waals surface area contributed by atoms with Crippen molar-refractivity contribution < 1.29 is 28.9 Å². The van der Waals surface area contributed by atoms with Gasteiger partial charge in [0.1, 0.15) is 11.5 Å². The first-order valence-corrected chi connectivity index (χ1v) is 16.1. The maximum atomic E-state index is 12.8. The van der Waals surface area contributed by atoms with E-state index in [2.05, 4.69) is 10.6 Å². The van der Waals surface area contributed by atoms with Crippen LogP contribution in [0.2, 0.25) is 0 Å². The minimum atomic E-state index is -1.04. The zero-order chi connectivity index (χ0) is 35.7. The summed E-state index contributed by atoms with van der Waals surface area (Å²) in [5.74, 6) is 0.826. The van der Waals surface area contributed by atoms with Gasteiger partial charge in [0.15, 0.2) is 12.1 Å². The fraction of sp³-hybridized carbons (Fsp3) is 0.278. The molecule has 4 aromatic carbocycles. The van der Waals surface area contributed by atoms with Crippen LogP contribution in [0.4, 0.5) is 9.59 Å². The summed E-state index contributed by atoms with van der Waals surface area (Å²) in [6, 6.07) is 19.1. The summed E-state index contributed by atoms with van der Waals surface area (Å²) < 4.78 is 12.5. The van der Waals surface area contributed by atoms with Gasteiger partial charge in [0.2, 0.25) is 0 Å². The van der Waals surface area contributed by atoms with E-state index in [0.717, 1.165) is 21.5 Å². The van der Waals surface area contributed by atoms with Gasteiger partial charge < -0.3 is 20.1 Å². The molecule has 2 unspecified atom stereocenters. The zero-order valence-electron chi connectivity index (χ0n) is 28.0. The average Bonchev–Trinajstić information content (AvgIpc) is 3.09. The third-order valence-electron chi connectivity index (χ3n) is 9.33. The monoisotopic (exact) mass is 680 g/mol. The molecule has 0 radical (unpaired) electrons. The average molecular weight is 681 g/mol. The molecule has 14 heteroatoms. The van der Waals surface area contributed by atoms with Crippen LogP contribution in [0.25, 0.3) is 21.5 Å². The van der Waals surface area contributed by atoms with E-state index < -0.39 is 34.0 Å². The van der Waals surface area contributed by atoms with Crippen LogP contribution in [-0.2, 0) is 0 Å². The molecule has 0 spiro atoms. The number of benzene rings is 4. The van der Waals surface area contributed by atoms with E-state index in [9.17, 15) is 29.8 Å². The number of hydrogen-bond donors (Lipinski definition) is 2. The Hall–Kier alpha value is -6.18. The van der Waals surface area contributed by atoms with Gasteiger partial charge in [0.05, 0.1) is 34.5 Å². The van der Waals surface area contributed by atoms with Crippen molar-refractivity contribution in [1.29, 1.82) is 0 Å². The highest BCUT2D eigenvalue weighted by atomic mass is 16.6. The van der Waals surface area contributed by atoms with Crippen LogP contribution in [-0.4, -0.2) is 59.0 Å². The van der Waals surface area contributed by atoms with Gasteiger partial charge in [0, 0.05) is 25.2 Å². The summed E-state index contributed by atoms with van der Waals surface area (Å²) >= 11 is 0. The molecular formula is C36H36N6O8. The highest BCUT2D eigenvalue weighted by molar-refractivity contribution is 5.91. The maximum absolute atomic E-state index is 12.8. The molecule has 2 aliphatic rings. The standard InChI is InChI=1S/C36H36N6O8/c1-21-33(41(45)46)31(37-35(43)39(21)3)29-25-13-7-5-11-23(25)15-17-27(29)49-19-9-10-20-50-28-18-16-24-12-6-8-14-26(24)30(28)32-34(42(47)48)22(2)40(4)36(44)38-32/h5-8,11-18,31-32H,9-10,19-20H2,1-4H3,(H,37,43)(H,38,44). The van der Waals surface area contributed by atoms with E-state index >= 15 is 0 Å². The molecule has 2 aliphatic heterocycles. The smallest absolute Gasteiger partial charge is 0.322 e. The SMILES string of the molecule is CC1=C([N+](=O)[O-])C(c2c(OCCCCOc3ccc4ccccc4c3C3NC(=O)N(C)C(C)=C3[N+](=O)[O-])ccc3ccccc23)NC(=O)N1C. The number of unbranched alkanes of at least 4 members (excludes halogenated alkanes) is 1. The lowest BCUT2D eigenvalue weighted by atomic mass is 9.93. The first-order valence-electron chi connectivity index (χ1n) is 16.1. The lowest BCUT2D eigenvalue weighted by Gasteiger charge is -2.30. The summed E-state index contributed by atoms with van der Waals surface area (Å²) in [4.78, 5) is 51.6. The Bertz CT molecular complexity index is 1960. The maximum Gasteiger partial charge on any atom is 0.322 e. The van der Waals surface area contributed by atoms with Crippen LogP contribution in [0.15, 0.2) is 95.6 Å². The predicted octanol–water partition coefficient (Wildman–Crippen LogP) is 6.64. The summed E-state index contributed by atoms with van der Waals surface area (Å²) in [5, 5.41) is 33.2. The Balaban J connectivity index is 1.22. The van der Waals surface area contributed by atoms with Crippen LogP contribution in [0, 0.1) is 20.2 Å². The fourth-order valence-corrected chi connectivity index (χ4v) is 6.50. The van der Waals surface area contributed by atoms with E-state index in [1.54, 1.807) is 26.0 Å². The van der Waals surface area contributed by atoms with Crippen molar-refractivity contribution in [1.82, 2.24) is 20.4 Å².